The van der Waals surface area contributed by atoms with Crippen LogP contribution in [0.2, 0.25) is 10.0 Å². The highest BCUT2D eigenvalue weighted by atomic mass is 35.5. The number of hydrogen-bond acceptors (Lipinski definition) is 3. The Morgan fingerprint density at radius 3 is 2.63 bits per heavy atom. The first-order chi connectivity index (χ1) is 8.97. The zero-order valence-corrected chi connectivity index (χ0v) is 11.3. The molecule has 0 aliphatic carbocycles. The molecular weight excluding hydrogens is 293 g/mol. The number of benzene rings is 1. The number of aliphatic carboxylic acids is 1. The van der Waals surface area contributed by atoms with E-state index in [4.69, 9.17) is 33.0 Å². The fourth-order valence-corrected chi connectivity index (χ4v) is 2.12. The van der Waals surface area contributed by atoms with Gasteiger partial charge in [-0.1, -0.05) is 23.2 Å². The highest BCUT2D eigenvalue weighted by Gasteiger charge is 2.35. The van der Waals surface area contributed by atoms with Gasteiger partial charge >= 0.3 is 5.97 Å². The molecule has 5 nitrogen and oxygen atoms in total. The van der Waals surface area contributed by atoms with Gasteiger partial charge in [0.05, 0.1) is 10.9 Å². The molecular formula is C12H11Cl2NO4. The monoisotopic (exact) mass is 303 g/mol. The number of rotatable bonds is 4. The third kappa shape index (κ3) is 3.30. The topological polar surface area (TPSA) is 66.8 Å². The summed E-state index contributed by atoms with van der Waals surface area (Å²) >= 11 is 11.6. The van der Waals surface area contributed by atoms with Crippen molar-refractivity contribution in [2.24, 2.45) is 5.92 Å². The average Bonchev–Trinajstić information content (AvgIpc) is 2.25. The smallest absolute Gasteiger partial charge is 0.310 e. The zero-order valence-electron chi connectivity index (χ0n) is 9.81. The summed E-state index contributed by atoms with van der Waals surface area (Å²) in [5.41, 5.74) is 0. The van der Waals surface area contributed by atoms with Crippen molar-refractivity contribution < 1.29 is 19.4 Å². The molecule has 1 amide bonds. The van der Waals surface area contributed by atoms with Gasteiger partial charge in [-0.3, -0.25) is 9.59 Å². The molecule has 0 spiro atoms. The molecule has 0 bridgehead atoms. The van der Waals surface area contributed by atoms with Crippen molar-refractivity contribution in [1.29, 1.82) is 0 Å². The van der Waals surface area contributed by atoms with E-state index in [1.54, 1.807) is 12.1 Å². The first kappa shape index (κ1) is 14.0. The molecule has 0 radical (unpaired) electrons. The first-order valence-corrected chi connectivity index (χ1v) is 6.31. The Bertz CT molecular complexity index is 514. The van der Waals surface area contributed by atoms with Crippen LogP contribution < -0.4 is 4.74 Å². The van der Waals surface area contributed by atoms with Crippen molar-refractivity contribution >= 4 is 35.1 Å². The van der Waals surface area contributed by atoms with Crippen LogP contribution in [0.3, 0.4) is 0 Å². The molecule has 1 aromatic rings. The molecule has 0 aromatic heterocycles. The second-order valence-corrected chi connectivity index (χ2v) is 5.04. The molecule has 1 fully saturated rings. The maximum absolute atomic E-state index is 11.7. The van der Waals surface area contributed by atoms with E-state index in [2.05, 4.69) is 0 Å². The lowest BCUT2D eigenvalue weighted by Crippen LogP contribution is -2.54. The average molecular weight is 304 g/mol. The zero-order chi connectivity index (χ0) is 14.0. The molecule has 1 aliphatic heterocycles. The number of carbonyl (C=O) groups is 2. The maximum Gasteiger partial charge on any atom is 0.310 e. The quantitative estimate of drug-likeness (QED) is 0.923. The maximum atomic E-state index is 11.7. The van der Waals surface area contributed by atoms with E-state index >= 15 is 0 Å². The van der Waals surface area contributed by atoms with Crippen LogP contribution in [0, 0.1) is 5.92 Å². The minimum atomic E-state index is -0.884. The Morgan fingerprint density at radius 1 is 1.37 bits per heavy atom. The predicted molar refractivity (Wildman–Crippen MR) is 69.7 cm³/mol. The van der Waals surface area contributed by atoms with Gasteiger partial charge in [0.15, 0.2) is 6.61 Å². The van der Waals surface area contributed by atoms with Crippen LogP contribution in [-0.2, 0) is 9.59 Å². The Balaban J connectivity index is 1.83. The van der Waals surface area contributed by atoms with Gasteiger partial charge < -0.3 is 14.7 Å². The van der Waals surface area contributed by atoms with Crippen LogP contribution in [0.4, 0.5) is 0 Å². The summed E-state index contributed by atoms with van der Waals surface area (Å²) in [6, 6.07) is 4.71. The summed E-state index contributed by atoms with van der Waals surface area (Å²) in [7, 11) is 0. The van der Waals surface area contributed by atoms with Crippen LogP contribution in [-0.4, -0.2) is 41.6 Å². The summed E-state index contributed by atoms with van der Waals surface area (Å²) in [4.78, 5) is 23.7. The number of carbonyl (C=O) groups excluding carboxylic acids is 1. The molecule has 1 aromatic carbocycles. The van der Waals surface area contributed by atoms with Crippen LogP contribution in [0.25, 0.3) is 0 Å². The van der Waals surface area contributed by atoms with E-state index in [-0.39, 0.29) is 25.6 Å². The lowest BCUT2D eigenvalue weighted by molar-refractivity contribution is -0.153. The number of carboxylic acid groups (broad SMARTS) is 1. The van der Waals surface area contributed by atoms with Crippen LogP contribution >= 0.6 is 23.2 Å². The highest BCUT2D eigenvalue weighted by molar-refractivity contribution is 6.35. The molecule has 2 rings (SSSR count). The second-order valence-electron chi connectivity index (χ2n) is 4.20. The number of amides is 1. The van der Waals surface area contributed by atoms with Gasteiger partial charge in [-0.25, -0.2) is 0 Å². The van der Waals surface area contributed by atoms with E-state index in [0.717, 1.165) is 0 Å². The van der Waals surface area contributed by atoms with Crippen molar-refractivity contribution in [2.45, 2.75) is 0 Å². The lowest BCUT2D eigenvalue weighted by Gasteiger charge is -2.36. The normalized spacial score (nSPS) is 14.9. The van der Waals surface area contributed by atoms with Crippen molar-refractivity contribution in [2.75, 3.05) is 19.7 Å². The fraction of sp³-hybridized carbons (Fsp3) is 0.333. The van der Waals surface area contributed by atoms with Crippen molar-refractivity contribution in [3.63, 3.8) is 0 Å². The number of halogens is 2. The Labute approximate surface area is 119 Å². The highest BCUT2D eigenvalue weighted by Crippen LogP contribution is 2.27. The summed E-state index contributed by atoms with van der Waals surface area (Å²) in [6.07, 6.45) is 0. The van der Waals surface area contributed by atoms with E-state index in [0.29, 0.717) is 15.8 Å². The third-order valence-corrected chi connectivity index (χ3v) is 3.36. The van der Waals surface area contributed by atoms with Gasteiger partial charge in [0.2, 0.25) is 0 Å². The fourth-order valence-electron chi connectivity index (χ4n) is 1.66. The van der Waals surface area contributed by atoms with Gasteiger partial charge in [0.1, 0.15) is 5.75 Å². The van der Waals surface area contributed by atoms with E-state index in [1.807, 2.05) is 0 Å². The number of nitrogens with zero attached hydrogens (tertiary/aromatic N) is 1. The molecule has 19 heavy (non-hydrogen) atoms. The van der Waals surface area contributed by atoms with Crippen molar-refractivity contribution in [3.05, 3.63) is 28.2 Å². The van der Waals surface area contributed by atoms with E-state index in [1.165, 1.54) is 11.0 Å². The molecule has 0 saturated carbocycles. The Hall–Kier alpha value is -1.46. The summed E-state index contributed by atoms with van der Waals surface area (Å²) in [5.74, 6) is -1.24. The first-order valence-electron chi connectivity index (χ1n) is 5.56. The summed E-state index contributed by atoms with van der Waals surface area (Å²) in [6.45, 7) is 0.283. The Morgan fingerprint density at radius 2 is 2.05 bits per heavy atom. The molecule has 1 heterocycles. The minimum Gasteiger partial charge on any atom is -0.482 e. The molecule has 7 heteroatoms. The minimum absolute atomic E-state index is 0.173. The van der Waals surface area contributed by atoms with Gasteiger partial charge in [-0.05, 0) is 18.2 Å². The number of carboxylic acids is 1. The van der Waals surface area contributed by atoms with Crippen LogP contribution in [0.5, 0.6) is 5.75 Å². The van der Waals surface area contributed by atoms with Crippen LogP contribution in [0.1, 0.15) is 0 Å². The van der Waals surface area contributed by atoms with Crippen molar-refractivity contribution in [1.82, 2.24) is 4.90 Å². The number of ether oxygens (including phenoxy) is 1. The standard InChI is InChI=1S/C12H11Cl2NO4/c13-8-1-2-10(9(14)3-8)19-6-11(16)15-4-7(5-15)12(17)18/h1-3,7H,4-6H2,(H,17,18). The van der Waals surface area contributed by atoms with Crippen molar-refractivity contribution in [3.8, 4) is 5.75 Å². The molecule has 1 N–H and O–H groups in total. The largest absolute Gasteiger partial charge is 0.482 e. The second kappa shape index (κ2) is 5.67. The van der Waals surface area contributed by atoms with Crippen LogP contribution in [0.15, 0.2) is 18.2 Å². The Kier molecular flexibility index (Phi) is 4.17. The molecule has 0 unspecified atom stereocenters. The third-order valence-electron chi connectivity index (χ3n) is 2.83. The summed E-state index contributed by atoms with van der Waals surface area (Å²) < 4.78 is 5.28. The lowest BCUT2D eigenvalue weighted by atomic mass is 10.0. The molecule has 102 valence electrons. The molecule has 0 atom stereocenters. The van der Waals surface area contributed by atoms with Gasteiger partial charge in [-0.15, -0.1) is 0 Å². The van der Waals surface area contributed by atoms with Gasteiger partial charge in [-0.2, -0.15) is 0 Å². The summed E-state index contributed by atoms with van der Waals surface area (Å²) in [5, 5.41) is 9.51. The SMILES string of the molecule is O=C(O)C1CN(C(=O)COc2ccc(Cl)cc2Cl)C1. The molecule has 1 saturated heterocycles. The predicted octanol–water partition coefficient (Wildman–Crippen LogP) is 1.92. The van der Waals surface area contributed by atoms with E-state index < -0.39 is 11.9 Å². The van der Waals surface area contributed by atoms with Gasteiger partial charge in [0, 0.05) is 18.1 Å². The van der Waals surface area contributed by atoms with Gasteiger partial charge in [0.25, 0.3) is 5.91 Å². The number of hydrogen-bond donors (Lipinski definition) is 1. The molecule has 1 aliphatic rings. The van der Waals surface area contributed by atoms with E-state index in [9.17, 15) is 9.59 Å². The number of likely N-dealkylation sites (tertiary alicyclic amines) is 1.